The van der Waals surface area contributed by atoms with Crippen molar-refractivity contribution in [3.05, 3.63) is 40.5 Å². The van der Waals surface area contributed by atoms with Gasteiger partial charge < -0.3 is 10.6 Å². The molecule has 1 aliphatic carbocycles. The summed E-state index contributed by atoms with van der Waals surface area (Å²) in [5.41, 5.74) is 5.85. The zero-order chi connectivity index (χ0) is 20.7. The molecule has 29 heavy (non-hydrogen) atoms. The van der Waals surface area contributed by atoms with Gasteiger partial charge >= 0.3 is 0 Å². The van der Waals surface area contributed by atoms with E-state index in [4.69, 9.17) is 5.73 Å². The van der Waals surface area contributed by atoms with Gasteiger partial charge in [0, 0.05) is 25.1 Å². The highest BCUT2D eigenvalue weighted by Crippen LogP contribution is 2.40. The van der Waals surface area contributed by atoms with E-state index in [1.807, 2.05) is 17.1 Å². The number of fused-ring (bicyclic) bond motifs is 1. The number of amides is 3. The average Bonchev–Trinajstić information content (AvgIpc) is 2.98. The summed E-state index contributed by atoms with van der Waals surface area (Å²) >= 11 is 0. The van der Waals surface area contributed by atoms with Gasteiger partial charge in [0.1, 0.15) is 5.69 Å². The van der Waals surface area contributed by atoms with Crippen LogP contribution in [0.3, 0.4) is 0 Å². The largest absolute Gasteiger partial charge is 0.369 e. The van der Waals surface area contributed by atoms with Gasteiger partial charge in [-0.1, -0.05) is 12.2 Å². The minimum Gasteiger partial charge on any atom is -0.369 e. The van der Waals surface area contributed by atoms with Crippen LogP contribution in [-0.4, -0.2) is 35.7 Å². The summed E-state index contributed by atoms with van der Waals surface area (Å²) in [7, 11) is 0. The van der Waals surface area contributed by atoms with Gasteiger partial charge in [-0.25, -0.2) is 4.90 Å². The smallest absolute Gasteiger partial charge is 0.294 e. The second-order valence-corrected chi connectivity index (χ2v) is 7.76. The molecule has 1 aromatic rings. The third kappa shape index (κ3) is 3.26. The van der Waals surface area contributed by atoms with Crippen LogP contribution in [0.2, 0.25) is 0 Å². The summed E-state index contributed by atoms with van der Waals surface area (Å²) in [6.07, 6.45) is 5.90. The van der Waals surface area contributed by atoms with Gasteiger partial charge in [0.25, 0.3) is 5.69 Å². The fraction of sp³-hybridized carbons (Fsp3) is 0.450. The van der Waals surface area contributed by atoms with Gasteiger partial charge in [-0.05, 0) is 37.8 Å². The predicted molar refractivity (Wildman–Crippen MR) is 105 cm³/mol. The van der Waals surface area contributed by atoms with Crippen molar-refractivity contribution < 1.29 is 19.3 Å². The number of nitrogens with two attached hydrogens (primary N) is 1. The lowest BCUT2D eigenvalue weighted by Gasteiger charge is -2.32. The highest BCUT2D eigenvalue weighted by atomic mass is 16.6. The molecular weight excluding hydrogens is 376 g/mol. The number of hydrogen-bond donors (Lipinski definition) is 1. The molecule has 2 fully saturated rings. The maximum absolute atomic E-state index is 12.8. The predicted octanol–water partition coefficient (Wildman–Crippen LogP) is 1.75. The molecule has 0 bridgehead atoms. The number of allylic oxidation sites excluding steroid dienone is 2. The van der Waals surface area contributed by atoms with E-state index in [0.717, 1.165) is 4.90 Å². The van der Waals surface area contributed by atoms with Crippen LogP contribution in [0, 0.1) is 27.9 Å². The van der Waals surface area contributed by atoms with Crippen molar-refractivity contribution in [2.45, 2.75) is 25.7 Å². The Morgan fingerprint density at radius 3 is 2.17 bits per heavy atom. The van der Waals surface area contributed by atoms with Crippen molar-refractivity contribution in [2.24, 2.45) is 23.5 Å². The van der Waals surface area contributed by atoms with Crippen molar-refractivity contribution in [1.29, 1.82) is 0 Å². The van der Waals surface area contributed by atoms with Gasteiger partial charge in [0.15, 0.2) is 0 Å². The summed E-state index contributed by atoms with van der Waals surface area (Å²) in [6.45, 7) is 0.955. The molecule has 2 atom stereocenters. The molecule has 0 unspecified atom stereocenters. The molecule has 0 spiro atoms. The number of hydrogen-bond acceptors (Lipinski definition) is 6. The molecule has 1 aromatic carbocycles. The van der Waals surface area contributed by atoms with Crippen LogP contribution >= 0.6 is 0 Å². The molecule has 3 amide bonds. The van der Waals surface area contributed by atoms with Gasteiger partial charge in [0.05, 0.1) is 22.4 Å². The molecular formula is C20H22N4O5. The molecule has 2 N–H and O–H groups in total. The number of benzene rings is 1. The lowest BCUT2D eigenvalue weighted by atomic mass is 9.85. The summed E-state index contributed by atoms with van der Waals surface area (Å²) in [5.74, 6) is -1.95. The van der Waals surface area contributed by atoms with E-state index in [9.17, 15) is 24.5 Å². The second-order valence-electron chi connectivity index (χ2n) is 7.76. The van der Waals surface area contributed by atoms with Crippen molar-refractivity contribution in [2.75, 3.05) is 22.9 Å². The molecule has 9 heteroatoms. The Hall–Kier alpha value is -3.23. The Labute approximate surface area is 167 Å². The van der Waals surface area contributed by atoms with Gasteiger partial charge in [0.2, 0.25) is 17.7 Å². The number of primary amides is 1. The Morgan fingerprint density at radius 1 is 1.07 bits per heavy atom. The number of carbonyl (C=O) groups is 3. The fourth-order valence-corrected chi connectivity index (χ4v) is 4.52. The van der Waals surface area contributed by atoms with Crippen molar-refractivity contribution in [1.82, 2.24) is 0 Å². The number of piperidine rings is 1. The Balaban J connectivity index is 1.62. The van der Waals surface area contributed by atoms with E-state index < -0.39 is 4.92 Å². The lowest BCUT2D eigenvalue weighted by molar-refractivity contribution is -0.384. The average molecular weight is 398 g/mol. The van der Waals surface area contributed by atoms with Gasteiger partial charge in [-0.15, -0.1) is 0 Å². The molecule has 3 aliphatic rings. The minimum absolute atomic E-state index is 0.159. The van der Waals surface area contributed by atoms with Crippen LogP contribution in [0.4, 0.5) is 17.1 Å². The fourth-order valence-electron chi connectivity index (χ4n) is 4.52. The summed E-state index contributed by atoms with van der Waals surface area (Å²) in [6, 6.07) is 4.47. The number of rotatable bonds is 4. The second kappa shape index (κ2) is 7.31. The Bertz CT molecular complexity index is 893. The first kappa shape index (κ1) is 19.1. The van der Waals surface area contributed by atoms with Crippen molar-refractivity contribution in [3.8, 4) is 0 Å². The third-order valence-corrected chi connectivity index (χ3v) is 6.16. The van der Waals surface area contributed by atoms with Crippen LogP contribution in [0.25, 0.3) is 0 Å². The number of nitrogens with zero attached hydrogens (tertiary/aromatic N) is 3. The first-order chi connectivity index (χ1) is 13.9. The van der Waals surface area contributed by atoms with E-state index >= 15 is 0 Å². The van der Waals surface area contributed by atoms with Crippen LogP contribution in [0.15, 0.2) is 30.4 Å². The first-order valence-electron chi connectivity index (χ1n) is 9.74. The maximum atomic E-state index is 12.8. The number of nitro groups is 1. The SMILES string of the molecule is NC(=O)C1CCN(c2ccc(N3C(=O)[C@H]4CC=CC[C@@H]4C3=O)cc2[N+](=O)[O-])CC1. The molecule has 0 radical (unpaired) electrons. The highest BCUT2D eigenvalue weighted by Gasteiger charge is 2.48. The van der Waals surface area contributed by atoms with E-state index in [1.54, 1.807) is 12.1 Å². The molecule has 0 aromatic heterocycles. The molecule has 0 saturated carbocycles. The molecule has 2 saturated heterocycles. The summed E-state index contributed by atoms with van der Waals surface area (Å²) in [4.78, 5) is 51.1. The van der Waals surface area contributed by atoms with Crippen LogP contribution in [0.5, 0.6) is 0 Å². The van der Waals surface area contributed by atoms with Crippen LogP contribution in [-0.2, 0) is 14.4 Å². The maximum Gasteiger partial charge on any atom is 0.294 e. The van der Waals surface area contributed by atoms with E-state index in [-0.39, 0.29) is 46.9 Å². The number of carbonyl (C=O) groups excluding carboxylic acids is 3. The lowest BCUT2D eigenvalue weighted by Crippen LogP contribution is -2.38. The summed E-state index contributed by atoms with van der Waals surface area (Å²) in [5, 5.41) is 11.7. The van der Waals surface area contributed by atoms with Crippen LogP contribution < -0.4 is 15.5 Å². The first-order valence-corrected chi connectivity index (χ1v) is 9.74. The number of nitro benzene ring substituents is 1. The van der Waals surface area contributed by atoms with Gasteiger partial charge in [-0.3, -0.25) is 24.5 Å². The number of anilines is 2. The summed E-state index contributed by atoms with van der Waals surface area (Å²) < 4.78 is 0. The molecule has 2 heterocycles. The molecule has 4 rings (SSSR count). The normalized spacial score (nSPS) is 24.7. The number of imide groups is 1. The van der Waals surface area contributed by atoms with Crippen molar-refractivity contribution in [3.63, 3.8) is 0 Å². The molecule has 9 nitrogen and oxygen atoms in total. The molecule has 2 aliphatic heterocycles. The minimum atomic E-state index is -0.501. The Kier molecular flexibility index (Phi) is 4.81. The van der Waals surface area contributed by atoms with Gasteiger partial charge in [-0.2, -0.15) is 0 Å². The topological polar surface area (TPSA) is 127 Å². The quantitative estimate of drug-likeness (QED) is 0.356. The zero-order valence-corrected chi connectivity index (χ0v) is 15.8. The Morgan fingerprint density at radius 2 is 1.66 bits per heavy atom. The standard InChI is InChI=1S/C20H22N4O5/c21-18(25)12-7-9-22(10-8-12)16-6-5-13(11-17(16)24(28)29)23-19(26)14-3-1-2-4-15(14)20(23)27/h1-2,5-6,11-12,14-15H,3-4,7-10H2,(H2,21,25)/t14-,15-/m0/s1. The highest BCUT2D eigenvalue weighted by molar-refractivity contribution is 6.22. The zero-order valence-electron chi connectivity index (χ0n) is 15.8. The molecule has 152 valence electrons. The van der Waals surface area contributed by atoms with E-state index in [0.29, 0.717) is 44.5 Å². The monoisotopic (exact) mass is 398 g/mol. The van der Waals surface area contributed by atoms with E-state index in [2.05, 4.69) is 0 Å². The van der Waals surface area contributed by atoms with Crippen molar-refractivity contribution >= 4 is 34.8 Å². The van der Waals surface area contributed by atoms with Crippen LogP contribution in [0.1, 0.15) is 25.7 Å². The third-order valence-electron chi connectivity index (χ3n) is 6.16. The van der Waals surface area contributed by atoms with E-state index in [1.165, 1.54) is 6.07 Å².